The molecule has 0 unspecified atom stereocenters. The van der Waals surface area contributed by atoms with Crippen molar-refractivity contribution in [3.63, 3.8) is 0 Å². The highest BCUT2D eigenvalue weighted by Gasteiger charge is 2.62. The Hall–Kier alpha value is -1.61. The lowest BCUT2D eigenvalue weighted by atomic mass is 9.77. The van der Waals surface area contributed by atoms with Gasteiger partial charge in [0, 0.05) is 12.8 Å². The fourth-order valence-corrected chi connectivity index (χ4v) is 3.64. The zero-order chi connectivity index (χ0) is 22.5. The number of rotatable bonds is 9. The summed E-state index contributed by atoms with van der Waals surface area (Å²) in [4.78, 5) is 38.5. The summed E-state index contributed by atoms with van der Waals surface area (Å²) >= 11 is 0. The molecule has 8 heteroatoms. The van der Waals surface area contributed by atoms with Gasteiger partial charge in [-0.2, -0.15) is 0 Å². The fraction of sp³-hybridized carbons (Fsp3) is 0.762. The number of carbonyl (C=O) groups is 3. The van der Waals surface area contributed by atoms with Gasteiger partial charge in [0.15, 0.2) is 23.0 Å². The number of ketones is 3. The van der Waals surface area contributed by atoms with Crippen molar-refractivity contribution < 1.29 is 39.5 Å². The lowest BCUT2D eigenvalue weighted by Gasteiger charge is -2.32. The van der Waals surface area contributed by atoms with Crippen molar-refractivity contribution in [3.05, 3.63) is 11.3 Å². The second-order valence-electron chi connectivity index (χ2n) is 9.67. The van der Waals surface area contributed by atoms with E-state index in [2.05, 4.69) is 0 Å². The summed E-state index contributed by atoms with van der Waals surface area (Å²) in [6, 6.07) is 0. The highest BCUT2D eigenvalue weighted by atomic mass is 16.6. The van der Waals surface area contributed by atoms with Gasteiger partial charge in [0.1, 0.15) is 11.3 Å². The summed E-state index contributed by atoms with van der Waals surface area (Å²) < 4.78 is 5.37. The van der Waals surface area contributed by atoms with Gasteiger partial charge in [0.25, 0.3) is 0 Å². The molecule has 0 aromatic carbocycles. The summed E-state index contributed by atoms with van der Waals surface area (Å²) in [6.45, 7) is 9.67. The number of hydrogen-bond acceptors (Lipinski definition) is 8. The standard InChI is InChI=1S/C21H32O8/c1-10(2)7-12(22)16-17(25)11(8-13(23)19(3,4)27)21(28,18(16)26)14(24)9-15-20(5,6)29-15/h10-11,13,15,23,26-28H,7-9H2,1-6H3/t11-,13-,15-,21+/m0/s1. The molecule has 4 atom stereocenters. The van der Waals surface area contributed by atoms with Crippen LogP contribution in [0.5, 0.6) is 0 Å². The minimum absolute atomic E-state index is 0.0467. The largest absolute Gasteiger partial charge is 0.508 e. The lowest BCUT2D eigenvalue weighted by Crippen LogP contribution is -2.50. The lowest BCUT2D eigenvalue weighted by molar-refractivity contribution is -0.149. The second kappa shape index (κ2) is 7.58. The molecule has 1 aliphatic heterocycles. The molecule has 1 aliphatic carbocycles. The summed E-state index contributed by atoms with van der Waals surface area (Å²) in [5.74, 6) is -5.09. The topological polar surface area (TPSA) is 145 Å². The van der Waals surface area contributed by atoms with E-state index >= 15 is 0 Å². The molecule has 0 aromatic heterocycles. The van der Waals surface area contributed by atoms with Crippen LogP contribution >= 0.6 is 0 Å². The first kappa shape index (κ1) is 23.7. The molecule has 0 bridgehead atoms. The first-order valence-electron chi connectivity index (χ1n) is 9.88. The molecule has 164 valence electrons. The Morgan fingerprint density at radius 1 is 1.24 bits per heavy atom. The van der Waals surface area contributed by atoms with Crippen molar-refractivity contribution in [2.75, 3.05) is 0 Å². The van der Waals surface area contributed by atoms with Crippen molar-refractivity contribution in [1.29, 1.82) is 0 Å². The smallest absolute Gasteiger partial charge is 0.190 e. The number of Topliss-reactive ketones (excluding diaryl/α,β-unsaturated/α-hetero) is 3. The zero-order valence-electron chi connectivity index (χ0n) is 17.9. The maximum atomic E-state index is 13.0. The van der Waals surface area contributed by atoms with E-state index in [-0.39, 0.29) is 18.8 Å². The SMILES string of the molecule is CC(C)CC(=O)C1=C(O)[C@](O)(C(=O)C[C@@H]2OC2(C)C)[C@@H](C[C@H](O)C(C)(C)O)C1=O. The Labute approximate surface area is 170 Å². The number of aliphatic hydroxyl groups excluding tert-OH is 2. The highest BCUT2D eigenvalue weighted by molar-refractivity contribution is 6.26. The summed E-state index contributed by atoms with van der Waals surface area (Å²) in [7, 11) is 0. The van der Waals surface area contributed by atoms with E-state index in [0.717, 1.165) is 0 Å². The summed E-state index contributed by atoms with van der Waals surface area (Å²) in [6.07, 6.45) is -2.77. The van der Waals surface area contributed by atoms with Crippen LogP contribution in [0.25, 0.3) is 0 Å². The van der Waals surface area contributed by atoms with Crippen LogP contribution in [-0.4, -0.2) is 66.8 Å². The number of aliphatic hydroxyl groups is 4. The van der Waals surface area contributed by atoms with Crippen molar-refractivity contribution in [2.45, 2.75) is 89.8 Å². The fourth-order valence-electron chi connectivity index (χ4n) is 3.64. The van der Waals surface area contributed by atoms with Crippen LogP contribution in [0.2, 0.25) is 0 Å². The maximum Gasteiger partial charge on any atom is 0.190 e. The van der Waals surface area contributed by atoms with Crippen LogP contribution in [0.1, 0.15) is 60.8 Å². The first-order valence-corrected chi connectivity index (χ1v) is 9.88. The normalized spacial score (nSPS) is 30.1. The van der Waals surface area contributed by atoms with Crippen molar-refractivity contribution in [2.24, 2.45) is 11.8 Å². The van der Waals surface area contributed by atoms with E-state index in [1.807, 2.05) is 0 Å². The van der Waals surface area contributed by atoms with Crippen LogP contribution in [0.4, 0.5) is 0 Å². The van der Waals surface area contributed by atoms with Crippen LogP contribution in [0, 0.1) is 11.8 Å². The molecule has 0 aromatic rings. The molecule has 29 heavy (non-hydrogen) atoms. The molecule has 8 nitrogen and oxygen atoms in total. The Morgan fingerprint density at radius 2 is 1.76 bits per heavy atom. The third-order valence-corrected chi connectivity index (χ3v) is 5.77. The molecule has 0 radical (unpaired) electrons. The first-order chi connectivity index (χ1) is 13.0. The van der Waals surface area contributed by atoms with Crippen molar-refractivity contribution in [1.82, 2.24) is 0 Å². The van der Waals surface area contributed by atoms with E-state index in [4.69, 9.17) is 4.74 Å². The van der Waals surface area contributed by atoms with Crippen LogP contribution < -0.4 is 0 Å². The zero-order valence-corrected chi connectivity index (χ0v) is 17.9. The van der Waals surface area contributed by atoms with E-state index in [1.54, 1.807) is 27.7 Å². The number of ether oxygens (including phenoxy) is 1. The van der Waals surface area contributed by atoms with Crippen LogP contribution in [0.3, 0.4) is 0 Å². The Balaban J connectivity index is 2.43. The molecule has 4 N–H and O–H groups in total. The number of allylic oxidation sites excluding steroid dienone is 1. The number of carbonyl (C=O) groups excluding carboxylic acids is 3. The Bertz CT molecular complexity index is 742. The molecule has 0 saturated carbocycles. The molecule has 0 amide bonds. The predicted octanol–water partition coefficient (Wildman–Crippen LogP) is 1.00. The van der Waals surface area contributed by atoms with Gasteiger partial charge in [-0.1, -0.05) is 13.8 Å². The van der Waals surface area contributed by atoms with Crippen LogP contribution in [-0.2, 0) is 19.1 Å². The van der Waals surface area contributed by atoms with E-state index < -0.39 is 70.0 Å². The molecule has 0 spiro atoms. The Morgan fingerprint density at radius 3 is 2.17 bits per heavy atom. The molecule has 1 saturated heterocycles. The van der Waals surface area contributed by atoms with Gasteiger partial charge in [-0.25, -0.2) is 0 Å². The Kier molecular flexibility index (Phi) is 6.18. The minimum Gasteiger partial charge on any atom is -0.508 e. The van der Waals surface area contributed by atoms with E-state index in [1.165, 1.54) is 13.8 Å². The molecular formula is C21H32O8. The maximum absolute atomic E-state index is 13.0. The third kappa shape index (κ3) is 4.45. The van der Waals surface area contributed by atoms with Crippen molar-refractivity contribution in [3.8, 4) is 0 Å². The molecule has 2 rings (SSSR count). The monoisotopic (exact) mass is 412 g/mol. The molecule has 2 aliphatic rings. The average molecular weight is 412 g/mol. The third-order valence-electron chi connectivity index (χ3n) is 5.77. The molecule has 1 fully saturated rings. The molecular weight excluding hydrogens is 380 g/mol. The minimum atomic E-state index is -2.65. The second-order valence-corrected chi connectivity index (χ2v) is 9.67. The number of epoxide rings is 1. The highest BCUT2D eigenvalue weighted by Crippen LogP contribution is 2.45. The summed E-state index contributed by atoms with van der Waals surface area (Å²) in [5, 5.41) is 42.2. The molecule has 1 heterocycles. The van der Waals surface area contributed by atoms with Gasteiger partial charge >= 0.3 is 0 Å². The van der Waals surface area contributed by atoms with Gasteiger partial charge in [0.2, 0.25) is 0 Å². The van der Waals surface area contributed by atoms with E-state index in [9.17, 15) is 34.8 Å². The van der Waals surface area contributed by atoms with Gasteiger partial charge in [-0.15, -0.1) is 0 Å². The quantitative estimate of drug-likeness (QED) is 0.324. The van der Waals surface area contributed by atoms with Crippen LogP contribution in [0.15, 0.2) is 11.3 Å². The number of hydrogen-bond donors (Lipinski definition) is 4. The van der Waals surface area contributed by atoms with Gasteiger partial charge < -0.3 is 25.2 Å². The van der Waals surface area contributed by atoms with Gasteiger partial charge in [-0.05, 0) is 40.0 Å². The van der Waals surface area contributed by atoms with E-state index in [0.29, 0.717) is 0 Å². The van der Waals surface area contributed by atoms with Gasteiger partial charge in [0.05, 0.1) is 29.3 Å². The van der Waals surface area contributed by atoms with Crippen molar-refractivity contribution >= 4 is 17.3 Å². The van der Waals surface area contributed by atoms with Gasteiger partial charge in [-0.3, -0.25) is 14.4 Å². The predicted molar refractivity (Wildman–Crippen MR) is 103 cm³/mol. The summed E-state index contributed by atoms with van der Waals surface area (Å²) in [5.41, 5.74) is -5.43. The average Bonchev–Trinajstić information content (AvgIpc) is 3.09.